The molecule has 0 aliphatic carbocycles. The van der Waals surface area contributed by atoms with Crippen LogP contribution in [0.25, 0.3) is 5.57 Å². The number of rotatable bonds is 18. The van der Waals surface area contributed by atoms with Crippen molar-refractivity contribution in [1.29, 1.82) is 0 Å². The van der Waals surface area contributed by atoms with Crippen molar-refractivity contribution in [2.24, 2.45) is 0 Å². The van der Waals surface area contributed by atoms with Crippen molar-refractivity contribution in [3.8, 4) is 0 Å². The second-order valence-electron chi connectivity index (χ2n) is 9.13. The molecular formula is C30H47N2P. The highest BCUT2D eigenvalue weighted by molar-refractivity contribution is 7.62. The van der Waals surface area contributed by atoms with Crippen LogP contribution in [0.5, 0.6) is 0 Å². The van der Waals surface area contributed by atoms with E-state index in [1.165, 1.54) is 94.9 Å². The van der Waals surface area contributed by atoms with Gasteiger partial charge in [-0.3, -0.25) is 9.97 Å². The highest BCUT2D eigenvalue weighted by atomic mass is 31.1. The van der Waals surface area contributed by atoms with Crippen molar-refractivity contribution in [3.05, 3.63) is 65.5 Å². The molecule has 2 aromatic heterocycles. The third kappa shape index (κ3) is 10.5. The van der Waals surface area contributed by atoms with Crippen LogP contribution in [0.2, 0.25) is 0 Å². The quantitative estimate of drug-likeness (QED) is 0.161. The van der Waals surface area contributed by atoms with Crippen LogP contribution in [-0.4, -0.2) is 22.3 Å². The topological polar surface area (TPSA) is 25.8 Å². The lowest BCUT2D eigenvalue weighted by molar-refractivity contribution is 0.622. The molecule has 0 fully saturated rings. The van der Waals surface area contributed by atoms with Crippen LogP contribution < -0.4 is 0 Å². The van der Waals surface area contributed by atoms with E-state index in [0.29, 0.717) is 0 Å². The summed E-state index contributed by atoms with van der Waals surface area (Å²) in [7, 11) is -0.160. The van der Waals surface area contributed by atoms with Crippen LogP contribution in [-0.2, 0) is 0 Å². The van der Waals surface area contributed by atoms with Crippen molar-refractivity contribution in [3.63, 3.8) is 0 Å². The maximum Gasteiger partial charge on any atom is 0.0726 e. The number of hydrogen-bond donors (Lipinski definition) is 0. The standard InChI is InChI=1S/C30H47N2P/c1-4-7-9-11-13-19-25-33(26-20-14-12-10-8-5-2)29(6-3)30(27-21-15-17-23-31-27)28-22-16-18-24-32-28/h15-18,21-24H,4-14,19-20,25-26H2,1-3H3. The normalized spacial score (nSPS) is 11.2. The molecule has 33 heavy (non-hydrogen) atoms. The largest absolute Gasteiger partial charge is 0.256 e. The molecule has 2 heterocycles. The molecule has 0 unspecified atom stereocenters. The van der Waals surface area contributed by atoms with Gasteiger partial charge in [0.2, 0.25) is 0 Å². The molecule has 0 radical (unpaired) electrons. The molecule has 2 nitrogen and oxygen atoms in total. The molecule has 2 rings (SSSR count). The molecule has 0 atom stereocenters. The van der Waals surface area contributed by atoms with Gasteiger partial charge in [0.05, 0.1) is 11.4 Å². The van der Waals surface area contributed by atoms with Gasteiger partial charge < -0.3 is 0 Å². The molecule has 0 saturated carbocycles. The smallest absolute Gasteiger partial charge is 0.0726 e. The molecule has 3 heteroatoms. The molecular weight excluding hydrogens is 419 g/mol. The Bertz CT molecular complexity index is 700. The van der Waals surface area contributed by atoms with E-state index >= 15 is 0 Å². The summed E-state index contributed by atoms with van der Waals surface area (Å²) in [5, 5.41) is 1.63. The number of pyridine rings is 2. The van der Waals surface area contributed by atoms with E-state index in [1.807, 2.05) is 24.5 Å². The minimum absolute atomic E-state index is 0.160. The highest BCUT2D eigenvalue weighted by Crippen LogP contribution is 2.52. The van der Waals surface area contributed by atoms with Crippen LogP contribution >= 0.6 is 7.92 Å². The lowest BCUT2D eigenvalue weighted by atomic mass is 10.1. The second kappa shape index (κ2) is 17.9. The first-order chi connectivity index (χ1) is 16.3. The first kappa shape index (κ1) is 27.7. The fourth-order valence-electron chi connectivity index (χ4n) is 4.55. The number of aromatic nitrogens is 2. The van der Waals surface area contributed by atoms with Gasteiger partial charge in [-0.15, -0.1) is 0 Å². The zero-order valence-electron chi connectivity index (χ0n) is 21.6. The Balaban J connectivity index is 2.23. The fourth-order valence-corrected chi connectivity index (χ4v) is 7.52. The predicted molar refractivity (Wildman–Crippen MR) is 148 cm³/mol. The summed E-state index contributed by atoms with van der Waals surface area (Å²) in [4.78, 5) is 9.56. The third-order valence-electron chi connectivity index (χ3n) is 6.41. The van der Waals surface area contributed by atoms with Crippen molar-refractivity contribution in [2.45, 2.75) is 104 Å². The van der Waals surface area contributed by atoms with E-state index < -0.39 is 0 Å². The number of allylic oxidation sites excluding steroid dienone is 1. The maximum atomic E-state index is 4.78. The van der Waals surface area contributed by atoms with Crippen molar-refractivity contribution >= 4 is 13.5 Å². The molecule has 0 spiro atoms. The first-order valence-corrected chi connectivity index (χ1v) is 15.3. The summed E-state index contributed by atoms with van der Waals surface area (Å²) >= 11 is 0. The maximum absolute atomic E-state index is 4.78. The first-order valence-electron chi connectivity index (χ1n) is 13.6. The zero-order valence-corrected chi connectivity index (χ0v) is 22.5. The van der Waals surface area contributed by atoms with Crippen LogP contribution in [0.3, 0.4) is 0 Å². The van der Waals surface area contributed by atoms with E-state index in [-0.39, 0.29) is 7.92 Å². The molecule has 0 aliphatic heterocycles. The van der Waals surface area contributed by atoms with E-state index in [1.54, 1.807) is 5.31 Å². The number of hydrogen-bond acceptors (Lipinski definition) is 2. The summed E-state index contributed by atoms with van der Waals surface area (Å²) in [5.74, 6) is 0. The summed E-state index contributed by atoms with van der Waals surface area (Å²) in [6.07, 6.45) is 24.2. The van der Waals surface area contributed by atoms with Crippen LogP contribution in [0, 0.1) is 0 Å². The lowest BCUT2D eigenvalue weighted by Gasteiger charge is -2.24. The van der Waals surface area contributed by atoms with Gasteiger partial charge in [0.15, 0.2) is 0 Å². The fraction of sp³-hybridized carbons (Fsp3) is 0.600. The summed E-state index contributed by atoms with van der Waals surface area (Å²) < 4.78 is 0. The van der Waals surface area contributed by atoms with Gasteiger partial charge in [0.1, 0.15) is 0 Å². The van der Waals surface area contributed by atoms with E-state index in [4.69, 9.17) is 9.97 Å². The van der Waals surface area contributed by atoms with Gasteiger partial charge >= 0.3 is 0 Å². The van der Waals surface area contributed by atoms with Gasteiger partial charge in [-0.2, -0.15) is 0 Å². The van der Waals surface area contributed by atoms with Crippen molar-refractivity contribution < 1.29 is 0 Å². The average Bonchev–Trinajstić information content (AvgIpc) is 2.86. The molecule has 2 aromatic rings. The molecule has 0 saturated heterocycles. The van der Waals surface area contributed by atoms with Gasteiger partial charge in [-0.1, -0.05) is 105 Å². The van der Waals surface area contributed by atoms with E-state index in [2.05, 4.69) is 45.0 Å². The molecule has 0 bridgehead atoms. The minimum Gasteiger partial charge on any atom is -0.256 e. The van der Waals surface area contributed by atoms with Crippen LogP contribution in [0.1, 0.15) is 116 Å². The molecule has 0 amide bonds. The van der Waals surface area contributed by atoms with Crippen molar-refractivity contribution in [2.75, 3.05) is 12.3 Å². The Labute approximate surface area is 205 Å². The average molecular weight is 467 g/mol. The van der Waals surface area contributed by atoms with Gasteiger partial charge in [-0.05, 0) is 61.2 Å². The van der Waals surface area contributed by atoms with Crippen LogP contribution in [0.15, 0.2) is 54.1 Å². The Kier molecular flexibility index (Phi) is 15.0. The summed E-state index contributed by atoms with van der Waals surface area (Å²) in [6.45, 7) is 6.95. The number of nitrogens with zero attached hydrogens (tertiary/aromatic N) is 2. The molecule has 0 aromatic carbocycles. The SMILES string of the molecule is CCCCCCCCP(CCCCCCCC)C(CC)=C(c1ccccn1)c1ccccn1. The summed E-state index contributed by atoms with van der Waals surface area (Å²) in [6, 6.07) is 12.6. The van der Waals surface area contributed by atoms with Gasteiger partial charge in [0, 0.05) is 18.0 Å². The number of unbranched alkanes of at least 4 members (excludes halogenated alkanes) is 10. The Morgan fingerprint density at radius 1 is 0.606 bits per heavy atom. The van der Waals surface area contributed by atoms with E-state index in [0.717, 1.165) is 17.8 Å². The third-order valence-corrected chi connectivity index (χ3v) is 9.43. The monoisotopic (exact) mass is 466 g/mol. The van der Waals surface area contributed by atoms with Gasteiger partial charge in [0.25, 0.3) is 0 Å². The van der Waals surface area contributed by atoms with Crippen LogP contribution in [0.4, 0.5) is 0 Å². The van der Waals surface area contributed by atoms with E-state index in [9.17, 15) is 0 Å². The molecule has 0 N–H and O–H groups in total. The Morgan fingerprint density at radius 3 is 1.45 bits per heavy atom. The molecule has 0 aliphatic rings. The minimum atomic E-state index is -0.160. The Morgan fingerprint density at radius 2 is 1.06 bits per heavy atom. The second-order valence-corrected chi connectivity index (χ2v) is 11.6. The van der Waals surface area contributed by atoms with Gasteiger partial charge in [-0.25, -0.2) is 0 Å². The zero-order chi connectivity index (χ0) is 23.6. The highest BCUT2D eigenvalue weighted by Gasteiger charge is 2.20. The Hall–Kier alpha value is -1.53. The lowest BCUT2D eigenvalue weighted by Crippen LogP contribution is -2.02. The van der Waals surface area contributed by atoms with Crippen molar-refractivity contribution in [1.82, 2.24) is 9.97 Å². The molecule has 182 valence electrons. The summed E-state index contributed by atoms with van der Waals surface area (Å²) in [5.41, 5.74) is 3.49. The predicted octanol–water partition coefficient (Wildman–Crippen LogP) is 9.85.